The first-order valence-electron chi connectivity index (χ1n) is 10.7. The Bertz CT molecular complexity index is 612. The van der Waals surface area contributed by atoms with E-state index in [4.69, 9.17) is 0 Å². The van der Waals surface area contributed by atoms with E-state index in [0.29, 0.717) is 12.1 Å². The Balaban J connectivity index is 0.00000392. The smallest absolute Gasteiger partial charge is 0.191 e. The first kappa shape index (κ1) is 25.2. The Kier molecular flexibility index (Phi) is 11.4. The van der Waals surface area contributed by atoms with E-state index in [1.165, 1.54) is 56.5 Å². The van der Waals surface area contributed by atoms with Crippen LogP contribution in [0.1, 0.15) is 62.9 Å². The first-order chi connectivity index (χ1) is 13.0. The van der Waals surface area contributed by atoms with Crippen molar-refractivity contribution in [1.29, 1.82) is 0 Å². The molecule has 162 valence electrons. The lowest BCUT2D eigenvalue weighted by Crippen LogP contribution is -2.50. The van der Waals surface area contributed by atoms with Crippen molar-refractivity contribution in [2.75, 3.05) is 26.7 Å². The molecule has 1 aliphatic rings. The van der Waals surface area contributed by atoms with Gasteiger partial charge in [0.05, 0.1) is 5.69 Å². The van der Waals surface area contributed by atoms with Gasteiger partial charge < -0.3 is 10.6 Å². The fraction of sp³-hybridized carbons (Fsp3) is 0.810. The maximum Gasteiger partial charge on any atom is 0.191 e. The molecular formula is C21H41IN6. The fourth-order valence-corrected chi connectivity index (χ4v) is 4.06. The zero-order chi connectivity index (χ0) is 19.8. The number of unbranched alkanes of at least 4 members (excludes halogenated alkanes) is 1. The number of aromatic nitrogens is 2. The quantitative estimate of drug-likeness (QED) is 0.324. The van der Waals surface area contributed by atoms with Crippen molar-refractivity contribution in [1.82, 2.24) is 25.3 Å². The van der Waals surface area contributed by atoms with Gasteiger partial charge in [0, 0.05) is 38.4 Å². The summed E-state index contributed by atoms with van der Waals surface area (Å²) in [5.41, 5.74) is 3.71. The highest BCUT2D eigenvalue weighted by molar-refractivity contribution is 14.0. The summed E-state index contributed by atoms with van der Waals surface area (Å²) >= 11 is 0. The third-order valence-electron chi connectivity index (χ3n) is 5.83. The molecule has 0 saturated carbocycles. The lowest BCUT2D eigenvalue weighted by Gasteiger charge is -2.36. The van der Waals surface area contributed by atoms with E-state index < -0.39 is 0 Å². The lowest BCUT2D eigenvalue weighted by atomic mass is 10.0. The molecule has 1 aliphatic heterocycles. The van der Waals surface area contributed by atoms with E-state index in [1.807, 2.05) is 18.8 Å². The van der Waals surface area contributed by atoms with Crippen LogP contribution in [0.3, 0.4) is 0 Å². The molecule has 2 rings (SSSR count). The van der Waals surface area contributed by atoms with Gasteiger partial charge in [-0.05, 0) is 65.1 Å². The summed E-state index contributed by atoms with van der Waals surface area (Å²) in [7, 11) is 3.87. The van der Waals surface area contributed by atoms with Crippen molar-refractivity contribution in [2.45, 2.75) is 78.3 Å². The van der Waals surface area contributed by atoms with Gasteiger partial charge in [0.15, 0.2) is 5.96 Å². The Hall–Kier alpha value is -0.830. The zero-order valence-electron chi connectivity index (χ0n) is 18.7. The fourth-order valence-electron chi connectivity index (χ4n) is 4.06. The Morgan fingerprint density at radius 1 is 1.32 bits per heavy atom. The summed E-state index contributed by atoms with van der Waals surface area (Å²) < 4.78 is 1.97. The number of rotatable bonds is 8. The highest BCUT2D eigenvalue weighted by Gasteiger charge is 2.22. The maximum absolute atomic E-state index is 4.53. The van der Waals surface area contributed by atoms with Crippen molar-refractivity contribution < 1.29 is 0 Å². The minimum atomic E-state index is 0. The number of aliphatic imine (C=N–C) groups is 1. The van der Waals surface area contributed by atoms with Crippen LogP contribution in [0.15, 0.2) is 4.99 Å². The third kappa shape index (κ3) is 7.21. The topological polar surface area (TPSA) is 57.5 Å². The van der Waals surface area contributed by atoms with Gasteiger partial charge in [-0.1, -0.05) is 19.8 Å². The maximum atomic E-state index is 4.53. The van der Waals surface area contributed by atoms with Gasteiger partial charge in [0.2, 0.25) is 0 Å². The van der Waals surface area contributed by atoms with Crippen molar-refractivity contribution in [3.05, 3.63) is 17.0 Å². The van der Waals surface area contributed by atoms with Gasteiger partial charge >= 0.3 is 0 Å². The van der Waals surface area contributed by atoms with Crippen molar-refractivity contribution in [3.8, 4) is 0 Å². The van der Waals surface area contributed by atoms with Crippen LogP contribution in [0.5, 0.6) is 0 Å². The number of hydrogen-bond donors (Lipinski definition) is 2. The molecular weight excluding hydrogens is 463 g/mol. The van der Waals surface area contributed by atoms with Crippen LogP contribution in [0, 0.1) is 13.8 Å². The Labute approximate surface area is 189 Å². The van der Waals surface area contributed by atoms with Gasteiger partial charge in [0.1, 0.15) is 0 Å². The van der Waals surface area contributed by atoms with Crippen LogP contribution in [0.25, 0.3) is 0 Å². The SMILES string of the molecule is CCCCN1CCCCC1CNC(=NC)NC(C)Cc1c(C)nn(C)c1C.I. The number of likely N-dealkylation sites (tertiary alicyclic amines) is 1. The molecule has 1 aromatic heterocycles. The molecule has 0 radical (unpaired) electrons. The largest absolute Gasteiger partial charge is 0.355 e. The predicted octanol–water partition coefficient (Wildman–Crippen LogP) is 3.41. The first-order valence-corrected chi connectivity index (χ1v) is 10.7. The number of nitrogens with zero attached hydrogens (tertiary/aromatic N) is 4. The highest BCUT2D eigenvalue weighted by atomic mass is 127. The van der Waals surface area contributed by atoms with Crippen LogP contribution in [-0.4, -0.2) is 59.4 Å². The molecule has 2 heterocycles. The molecule has 7 heteroatoms. The second kappa shape index (κ2) is 12.7. The molecule has 2 atom stereocenters. The molecule has 0 spiro atoms. The van der Waals surface area contributed by atoms with E-state index in [9.17, 15) is 0 Å². The summed E-state index contributed by atoms with van der Waals surface area (Å²) in [5.74, 6) is 0.905. The summed E-state index contributed by atoms with van der Waals surface area (Å²) in [6, 6.07) is 0.933. The number of guanidine groups is 1. The Morgan fingerprint density at radius 2 is 2.07 bits per heavy atom. The van der Waals surface area contributed by atoms with Gasteiger partial charge in [-0.2, -0.15) is 5.10 Å². The predicted molar refractivity (Wildman–Crippen MR) is 130 cm³/mol. The normalized spacial score (nSPS) is 19.2. The van der Waals surface area contributed by atoms with Crippen LogP contribution < -0.4 is 10.6 Å². The average molecular weight is 505 g/mol. The van der Waals surface area contributed by atoms with Gasteiger partial charge in [0.25, 0.3) is 0 Å². The van der Waals surface area contributed by atoms with Crippen LogP contribution >= 0.6 is 24.0 Å². The summed E-state index contributed by atoms with van der Waals surface area (Å²) in [5, 5.41) is 11.7. The minimum Gasteiger partial charge on any atom is -0.355 e. The molecule has 6 nitrogen and oxygen atoms in total. The summed E-state index contributed by atoms with van der Waals surface area (Å²) in [4.78, 5) is 7.11. The van der Waals surface area contributed by atoms with Crippen LogP contribution in [0.4, 0.5) is 0 Å². The second-order valence-corrected chi connectivity index (χ2v) is 8.01. The van der Waals surface area contributed by atoms with Crippen molar-refractivity contribution >= 4 is 29.9 Å². The van der Waals surface area contributed by atoms with E-state index in [2.05, 4.69) is 53.3 Å². The second-order valence-electron chi connectivity index (χ2n) is 8.01. The molecule has 1 fully saturated rings. The van der Waals surface area contributed by atoms with Crippen molar-refractivity contribution in [3.63, 3.8) is 0 Å². The number of aryl methyl sites for hydroxylation is 2. The molecule has 0 amide bonds. The molecule has 2 N–H and O–H groups in total. The number of nitrogens with one attached hydrogen (secondary N) is 2. The van der Waals surface area contributed by atoms with E-state index in [0.717, 1.165) is 24.6 Å². The van der Waals surface area contributed by atoms with Crippen LogP contribution in [-0.2, 0) is 13.5 Å². The van der Waals surface area contributed by atoms with E-state index in [1.54, 1.807) is 0 Å². The Morgan fingerprint density at radius 3 is 2.68 bits per heavy atom. The van der Waals surface area contributed by atoms with Gasteiger partial charge in [-0.15, -0.1) is 24.0 Å². The summed E-state index contributed by atoms with van der Waals surface area (Å²) in [6.45, 7) is 12.2. The zero-order valence-corrected chi connectivity index (χ0v) is 21.0. The molecule has 2 unspecified atom stereocenters. The summed E-state index contributed by atoms with van der Waals surface area (Å²) in [6.07, 6.45) is 7.50. The highest BCUT2D eigenvalue weighted by Crippen LogP contribution is 2.17. The molecule has 1 saturated heterocycles. The van der Waals surface area contributed by atoms with Gasteiger partial charge in [-0.25, -0.2) is 0 Å². The molecule has 0 aliphatic carbocycles. The minimum absolute atomic E-state index is 0. The van der Waals surface area contributed by atoms with Crippen LogP contribution in [0.2, 0.25) is 0 Å². The molecule has 28 heavy (non-hydrogen) atoms. The molecule has 1 aromatic rings. The average Bonchev–Trinajstić information content (AvgIpc) is 2.90. The standard InChI is InChI=1S/C21H40N6.HI/c1-7-8-12-27-13-10-9-11-19(27)15-23-21(22-5)24-16(2)14-20-17(3)25-26(6)18(20)4;/h16,19H,7-15H2,1-6H3,(H2,22,23,24);1H. The van der Waals surface area contributed by atoms with E-state index in [-0.39, 0.29) is 24.0 Å². The van der Waals surface area contributed by atoms with E-state index >= 15 is 0 Å². The molecule has 0 aromatic carbocycles. The monoisotopic (exact) mass is 504 g/mol. The van der Waals surface area contributed by atoms with Crippen molar-refractivity contribution in [2.24, 2.45) is 12.0 Å². The molecule has 0 bridgehead atoms. The lowest BCUT2D eigenvalue weighted by molar-refractivity contribution is 0.147. The number of hydrogen-bond acceptors (Lipinski definition) is 3. The number of piperidine rings is 1. The van der Waals surface area contributed by atoms with Gasteiger partial charge in [-0.3, -0.25) is 14.6 Å². The number of halogens is 1. The third-order valence-corrected chi connectivity index (χ3v) is 5.83.